The average Bonchev–Trinajstić information content (AvgIpc) is 2.74. The van der Waals surface area contributed by atoms with Gasteiger partial charge in [-0.3, -0.25) is 9.79 Å². The Balaban J connectivity index is 0.00000341. The number of carbonyl (C=O) groups is 1. The zero-order chi connectivity index (χ0) is 21.7. The van der Waals surface area contributed by atoms with E-state index in [1.165, 1.54) is 12.1 Å². The van der Waals surface area contributed by atoms with Gasteiger partial charge in [0.25, 0.3) is 0 Å². The maximum absolute atomic E-state index is 13.0. The molecular formula is C21H25F3IN5O. The number of aliphatic imine (C=N–C) groups is 1. The number of hydrogen-bond donors (Lipinski definition) is 2. The fourth-order valence-corrected chi connectivity index (χ4v) is 3.40. The normalized spacial score (nSPS) is 14.8. The van der Waals surface area contributed by atoms with Gasteiger partial charge in [-0.15, -0.1) is 24.0 Å². The van der Waals surface area contributed by atoms with Crippen LogP contribution in [0, 0.1) is 0 Å². The van der Waals surface area contributed by atoms with Crippen LogP contribution in [0.15, 0.2) is 53.5 Å². The lowest BCUT2D eigenvalue weighted by molar-refractivity contribution is -0.137. The van der Waals surface area contributed by atoms with Gasteiger partial charge in [0.2, 0.25) is 5.91 Å². The molecule has 1 saturated heterocycles. The van der Waals surface area contributed by atoms with Gasteiger partial charge in [0.15, 0.2) is 5.96 Å². The number of nitrogens with two attached hydrogens (primary N) is 1. The number of rotatable bonds is 4. The number of carbonyl (C=O) groups excluding carboxylic acids is 1. The van der Waals surface area contributed by atoms with E-state index < -0.39 is 17.6 Å². The van der Waals surface area contributed by atoms with Gasteiger partial charge in [-0.1, -0.05) is 18.2 Å². The van der Waals surface area contributed by atoms with Gasteiger partial charge in [0.1, 0.15) is 0 Å². The number of nitrogens with zero attached hydrogens (tertiary/aromatic N) is 3. The van der Waals surface area contributed by atoms with E-state index in [4.69, 9.17) is 5.73 Å². The molecule has 0 aromatic heterocycles. The number of piperazine rings is 1. The van der Waals surface area contributed by atoms with Gasteiger partial charge in [-0.25, -0.2) is 0 Å². The SMILES string of the molecule is CN=C(NCc1cccc(C(N)=O)c1)N1CCN(c2cccc(C(F)(F)F)c2)CC1.I. The van der Waals surface area contributed by atoms with Crippen LogP contribution in [0.1, 0.15) is 21.5 Å². The second kappa shape index (κ2) is 10.7. The molecule has 0 radical (unpaired) electrons. The van der Waals surface area contributed by atoms with Crippen molar-refractivity contribution in [2.45, 2.75) is 12.7 Å². The Morgan fingerprint density at radius 3 is 2.39 bits per heavy atom. The zero-order valence-electron chi connectivity index (χ0n) is 17.0. The molecule has 1 aliphatic heterocycles. The Labute approximate surface area is 196 Å². The van der Waals surface area contributed by atoms with Crippen molar-refractivity contribution in [2.24, 2.45) is 10.7 Å². The van der Waals surface area contributed by atoms with Crippen molar-refractivity contribution in [3.8, 4) is 0 Å². The molecule has 3 rings (SSSR count). The molecule has 0 atom stereocenters. The van der Waals surface area contributed by atoms with E-state index >= 15 is 0 Å². The van der Waals surface area contributed by atoms with Gasteiger partial charge < -0.3 is 20.9 Å². The molecule has 0 saturated carbocycles. The first-order valence-corrected chi connectivity index (χ1v) is 9.54. The first-order valence-electron chi connectivity index (χ1n) is 9.54. The lowest BCUT2D eigenvalue weighted by Gasteiger charge is -2.37. The van der Waals surface area contributed by atoms with E-state index in [-0.39, 0.29) is 24.0 Å². The monoisotopic (exact) mass is 547 g/mol. The van der Waals surface area contributed by atoms with Crippen molar-refractivity contribution < 1.29 is 18.0 Å². The zero-order valence-corrected chi connectivity index (χ0v) is 19.4. The van der Waals surface area contributed by atoms with Crippen molar-refractivity contribution in [1.82, 2.24) is 10.2 Å². The predicted octanol–water partition coefficient (Wildman–Crippen LogP) is 3.32. The van der Waals surface area contributed by atoms with Crippen LogP contribution in [0.25, 0.3) is 0 Å². The van der Waals surface area contributed by atoms with Crippen LogP contribution < -0.4 is 16.0 Å². The van der Waals surface area contributed by atoms with E-state index in [0.717, 1.165) is 11.6 Å². The summed E-state index contributed by atoms with van der Waals surface area (Å²) in [5.74, 6) is 0.218. The molecule has 2 aromatic carbocycles. The topological polar surface area (TPSA) is 74.0 Å². The number of guanidine groups is 1. The third-order valence-corrected chi connectivity index (χ3v) is 4.99. The molecule has 1 heterocycles. The molecule has 0 bridgehead atoms. The fourth-order valence-electron chi connectivity index (χ4n) is 3.40. The van der Waals surface area contributed by atoms with Crippen LogP contribution in [-0.2, 0) is 12.7 Å². The largest absolute Gasteiger partial charge is 0.416 e. The lowest BCUT2D eigenvalue weighted by atomic mass is 10.1. The number of alkyl halides is 3. The van der Waals surface area contributed by atoms with Crippen molar-refractivity contribution >= 4 is 41.5 Å². The first-order chi connectivity index (χ1) is 14.3. The van der Waals surface area contributed by atoms with Crippen LogP contribution in [0.5, 0.6) is 0 Å². The van der Waals surface area contributed by atoms with Gasteiger partial charge in [0.05, 0.1) is 5.56 Å². The minimum atomic E-state index is -4.35. The Morgan fingerprint density at radius 2 is 1.77 bits per heavy atom. The molecular weight excluding hydrogens is 522 g/mol. The molecule has 3 N–H and O–H groups in total. The summed E-state index contributed by atoms with van der Waals surface area (Å²) < 4.78 is 38.9. The smallest absolute Gasteiger partial charge is 0.368 e. The Bertz CT molecular complexity index is 927. The summed E-state index contributed by atoms with van der Waals surface area (Å²) >= 11 is 0. The summed E-state index contributed by atoms with van der Waals surface area (Å²) in [5.41, 5.74) is 6.58. The van der Waals surface area contributed by atoms with E-state index in [0.29, 0.717) is 49.9 Å². The molecule has 1 fully saturated rings. The second-order valence-electron chi connectivity index (χ2n) is 6.99. The highest BCUT2D eigenvalue weighted by atomic mass is 127. The predicted molar refractivity (Wildman–Crippen MR) is 126 cm³/mol. The van der Waals surface area contributed by atoms with Crippen LogP contribution in [0.4, 0.5) is 18.9 Å². The quantitative estimate of drug-likeness (QED) is 0.350. The molecule has 6 nitrogen and oxygen atoms in total. The van der Waals surface area contributed by atoms with Crippen molar-refractivity contribution in [1.29, 1.82) is 0 Å². The second-order valence-corrected chi connectivity index (χ2v) is 6.99. The standard InChI is InChI=1S/C21H24F3N5O.HI/c1-26-20(27-14-15-4-2-5-16(12-15)19(25)30)29-10-8-28(9-11-29)18-7-3-6-17(13-18)21(22,23)24;/h2-7,12-13H,8-11,14H2,1H3,(H2,25,30)(H,26,27);1H. The van der Waals surface area contributed by atoms with E-state index in [2.05, 4.69) is 15.2 Å². The molecule has 0 aliphatic carbocycles. The average molecular weight is 547 g/mol. The lowest BCUT2D eigenvalue weighted by Crippen LogP contribution is -2.52. The molecule has 10 heteroatoms. The van der Waals surface area contributed by atoms with E-state index in [1.54, 1.807) is 31.3 Å². The Kier molecular flexibility index (Phi) is 8.54. The van der Waals surface area contributed by atoms with Crippen LogP contribution in [0.2, 0.25) is 0 Å². The van der Waals surface area contributed by atoms with Gasteiger partial charge >= 0.3 is 6.18 Å². The highest BCUT2D eigenvalue weighted by molar-refractivity contribution is 14.0. The summed E-state index contributed by atoms with van der Waals surface area (Å²) in [6.07, 6.45) is -4.35. The van der Waals surface area contributed by atoms with Gasteiger partial charge in [0, 0.05) is 51.0 Å². The molecule has 168 valence electrons. The summed E-state index contributed by atoms with van der Waals surface area (Å²) in [7, 11) is 1.68. The molecule has 31 heavy (non-hydrogen) atoms. The molecule has 0 spiro atoms. The Morgan fingerprint density at radius 1 is 1.10 bits per heavy atom. The van der Waals surface area contributed by atoms with Crippen LogP contribution in [-0.4, -0.2) is 50.0 Å². The maximum atomic E-state index is 13.0. The molecule has 0 unspecified atom stereocenters. The number of hydrogen-bond acceptors (Lipinski definition) is 3. The van der Waals surface area contributed by atoms with Gasteiger partial charge in [-0.2, -0.15) is 13.2 Å². The third kappa shape index (κ3) is 6.49. The Hall–Kier alpha value is -2.50. The van der Waals surface area contributed by atoms with E-state index in [9.17, 15) is 18.0 Å². The number of anilines is 1. The molecule has 2 aromatic rings. The molecule has 1 aliphatic rings. The minimum Gasteiger partial charge on any atom is -0.368 e. The number of primary amides is 1. The number of nitrogens with one attached hydrogen (secondary N) is 1. The van der Waals surface area contributed by atoms with Crippen molar-refractivity contribution in [2.75, 3.05) is 38.1 Å². The number of amides is 1. The molecule has 1 amide bonds. The maximum Gasteiger partial charge on any atom is 0.416 e. The van der Waals surface area contributed by atoms with Crippen molar-refractivity contribution in [3.05, 3.63) is 65.2 Å². The van der Waals surface area contributed by atoms with Crippen molar-refractivity contribution in [3.63, 3.8) is 0 Å². The summed E-state index contributed by atoms with van der Waals surface area (Å²) in [5, 5.41) is 3.26. The van der Waals surface area contributed by atoms with Crippen LogP contribution >= 0.6 is 24.0 Å². The third-order valence-electron chi connectivity index (χ3n) is 4.99. The first kappa shape index (κ1) is 24.8. The van der Waals surface area contributed by atoms with E-state index in [1.807, 2.05) is 11.0 Å². The highest BCUT2D eigenvalue weighted by Gasteiger charge is 2.31. The summed E-state index contributed by atoms with van der Waals surface area (Å²) in [4.78, 5) is 19.6. The minimum absolute atomic E-state index is 0. The van der Waals surface area contributed by atoms with Gasteiger partial charge in [-0.05, 0) is 35.9 Å². The summed E-state index contributed by atoms with van der Waals surface area (Å²) in [6, 6.07) is 12.5. The van der Waals surface area contributed by atoms with Crippen LogP contribution in [0.3, 0.4) is 0 Å². The fraction of sp³-hybridized carbons (Fsp3) is 0.333. The highest BCUT2D eigenvalue weighted by Crippen LogP contribution is 2.31. The summed E-state index contributed by atoms with van der Waals surface area (Å²) in [6.45, 7) is 2.88. The number of halogens is 4. The number of benzene rings is 2.